The highest BCUT2D eigenvalue weighted by Crippen LogP contribution is 1.91. The van der Waals surface area contributed by atoms with Gasteiger partial charge in [0.05, 0.1) is 13.2 Å². The summed E-state index contributed by atoms with van der Waals surface area (Å²) in [5, 5.41) is 2.74. The molecule has 0 aliphatic carbocycles. The smallest absolute Gasteiger partial charge is 0.305 e. The Bertz CT molecular complexity index is 234. The van der Waals surface area contributed by atoms with Crippen molar-refractivity contribution in [1.29, 1.82) is 0 Å². The maximum atomic E-state index is 11.4. The van der Waals surface area contributed by atoms with Crippen LogP contribution in [0.4, 0.5) is 0 Å². The highest BCUT2D eigenvalue weighted by atomic mass is 16.5. The molecule has 0 aromatic heterocycles. The predicted octanol–water partition coefficient (Wildman–Crippen LogP) is -0.664. The van der Waals surface area contributed by atoms with Crippen molar-refractivity contribution in [2.75, 3.05) is 39.8 Å². The predicted molar refractivity (Wildman–Crippen MR) is 65.4 cm³/mol. The van der Waals surface area contributed by atoms with Crippen LogP contribution in [0.25, 0.3) is 0 Å². The number of hydrogen-bond donors (Lipinski definition) is 2. The first-order valence-electron chi connectivity index (χ1n) is 5.91. The third kappa shape index (κ3) is 9.77. The van der Waals surface area contributed by atoms with Gasteiger partial charge in [0.25, 0.3) is 0 Å². The lowest BCUT2D eigenvalue weighted by atomic mass is 10.3. The van der Waals surface area contributed by atoms with Gasteiger partial charge in [0.2, 0.25) is 5.91 Å². The summed E-state index contributed by atoms with van der Waals surface area (Å²) in [5.74, 6) is -0.271. The molecular formula is C11H23N3O3. The first-order chi connectivity index (χ1) is 8.10. The number of rotatable bonds is 9. The number of nitrogens with zero attached hydrogens (tertiary/aromatic N) is 1. The van der Waals surface area contributed by atoms with Gasteiger partial charge in [0.15, 0.2) is 0 Å². The van der Waals surface area contributed by atoms with Gasteiger partial charge in [-0.2, -0.15) is 0 Å². The van der Waals surface area contributed by atoms with E-state index >= 15 is 0 Å². The third-order valence-corrected chi connectivity index (χ3v) is 2.11. The number of likely N-dealkylation sites (N-methyl/N-ethyl adjacent to an activating group) is 1. The number of amides is 1. The van der Waals surface area contributed by atoms with Crippen molar-refractivity contribution in [2.24, 2.45) is 5.73 Å². The Hall–Kier alpha value is -1.14. The molecule has 0 radical (unpaired) electrons. The Balaban J connectivity index is 3.48. The Labute approximate surface area is 102 Å². The van der Waals surface area contributed by atoms with Crippen molar-refractivity contribution in [3.8, 4) is 0 Å². The maximum Gasteiger partial charge on any atom is 0.305 e. The second-order valence-corrected chi connectivity index (χ2v) is 3.78. The summed E-state index contributed by atoms with van der Waals surface area (Å²) >= 11 is 0. The fourth-order valence-corrected chi connectivity index (χ4v) is 1.29. The molecule has 0 spiro atoms. The van der Waals surface area contributed by atoms with Crippen LogP contribution in [0.2, 0.25) is 0 Å². The molecular weight excluding hydrogens is 222 g/mol. The molecule has 0 rings (SSSR count). The fraction of sp³-hybridized carbons (Fsp3) is 0.818. The van der Waals surface area contributed by atoms with Crippen LogP contribution in [0.3, 0.4) is 0 Å². The summed E-state index contributed by atoms with van der Waals surface area (Å²) in [6, 6.07) is 0. The van der Waals surface area contributed by atoms with Gasteiger partial charge in [-0.1, -0.05) is 0 Å². The number of carbonyl (C=O) groups is 2. The largest absolute Gasteiger partial charge is 0.466 e. The minimum Gasteiger partial charge on any atom is -0.466 e. The first-order valence-corrected chi connectivity index (χ1v) is 5.91. The number of carbonyl (C=O) groups excluding carboxylic acids is 2. The van der Waals surface area contributed by atoms with Gasteiger partial charge in [-0.3, -0.25) is 14.5 Å². The molecule has 0 fully saturated rings. The summed E-state index contributed by atoms with van der Waals surface area (Å²) in [6.45, 7) is 4.22. The molecule has 17 heavy (non-hydrogen) atoms. The summed E-state index contributed by atoms with van der Waals surface area (Å²) in [7, 11) is 1.84. The number of ether oxygens (including phenoxy) is 1. The van der Waals surface area contributed by atoms with Gasteiger partial charge in [-0.15, -0.1) is 0 Å². The minimum atomic E-state index is -0.220. The molecule has 6 nitrogen and oxygen atoms in total. The molecule has 0 heterocycles. The Morgan fingerprint density at radius 3 is 2.71 bits per heavy atom. The average molecular weight is 245 g/mol. The number of nitrogens with two attached hydrogens (primary N) is 1. The standard InChI is InChI=1S/C11H23N3O3/c1-3-17-11(16)5-4-7-13-10(15)9-14(2)8-6-12/h3-9,12H2,1-2H3,(H,13,15). The molecule has 1 amide bonds. The van der Waals surface area contributed by atoms with E-state index in [2.05, 4.69) is 5.32 Å². The van der Waals surface area contributed by atoms with E-state index in [1.54, 1.807) is 6.92 Å². The minimum absolute atomic E-state index is 0.0511. The SMILES string of the molecule is CCOC(=O)CCCNC(=O)CN(C)CCN. The van der Waals surface area contributed by atoms with Crippen LogP contribution in [-0.4, -0.2) is 56.6 Å². The molecule has 6 heteroatoms. The monoisotopic (exact) mass is 245 g/mol. The molecule has 0 aliphatic rings. The van der Waals surface area contributed by atoms with E-state index in [0.29, 0.717) is 45.6 Å². The summed E-state index contributed by atoms with van der Waals surface area (Å²) < 4.78 is 4.77. The molecule has 3 N–H and O–H groups in total. The average Bonchev–Trinajstić information content (AvgIpc) is 2.25. The van der Waals surface area contributed by atoms with Crippen molar-refractivity contribution in [3.05, 3.63) is 0 Å². The van der Waals surface area contributed by atoms with Gasteiger partial charge < -0.3 is 15.8 Å². The highest BCUT2D eigenvalue weighted by molar-refractivity contribution is 5.78. The quantitative estimate of drug-likeness (QED) is 0.416. The lowest BCUT2D eigenvalue weighted by Gasteiger charge is -2.14. The second-order valence-electron chi connectivity index (χ2n) is 3.78. The highest BCUT2D eigenvalue weighted by Gasteiger charge is 2.06. The van der Waals surface area contributed by atoms with E-state index in [0.717, 1.165) is 0 Å². The van der Waals surface area contributed by atoms with Crippen molar-refractivity contribution in [2.45, 2.75) is 19.8 Å². The van der Waals surface area contributed by atoms with Crippen LogP contribution in [0.15, 0.2) is 0 Å². The van der Waals surface area contributed by atoms with Crippen LogP contribution in [0.1, 0.15) is 19.8 Å². The Morgan fingerprint density at radius 2 is 2.12 bits per heavy atom. The zero-order valence-corrected chi connectivity index (χ0v) is 10.7. The van der Waals surface area contributed by atoms with Gasteiger partial charge in [0.1, 0.15) is 0 Å². The zero-order chi connectivity index (χ0) is 13.1. The molecule has 0 bridgehead atoms. The van der Waals surface area contributed by atoms with Crippen molar-refractivity contribution in [1.82, 2.24) is 10.2 Å². The lowest BCUT2D eigenvalue weighted by Crippen LogP contribution is -2.37. The van der Waals surface area contributed by atoms with E-state index in [4.69, 9.17) is 10.5 Å². The normalized spacial score (nSPS) is 10.4. The molecule has 0 atom stereocenters. The molecule has 0 saturated heterocycles. The van der Waals surface area contributed by atoms with Crippen LogP contribution in [0, 0.1) is 0 Å². The van der Waals surface area contributed by atoms with E-state index in [1.807, 2.05) is 11.9 Å². The van der Waals surface area contributed by atoms with Crippen LogP contribution >= 0.6 is 0 Å². The first kappa shape index (κ1) is 15.9. The molecule has 0 aromatic rings. The fourth-order valence-electron chi connectivity index (χ4n) is 1.29. The molecule has 0 aromatic carbocycles. The van der Waals surface area contributed by atoms with Gasteiger partial charge in [-0.05, 0) is 20.4 Å². The molecule has 100 valence electrons. The maximum absolute atomic E-state index is 11.4. The lowest BCUT2D eigenvalue weighted by molar-refractivity contribution is -0.143. The third-order valence-electron chi connectivity index (χ3n) is 2.11. The van der Waals surface area contributed by atoms with E-state index in [1.165, 1.54) is 0 Å². The summed E-state index contributed by atoms with van der Waals surface area (Å²) in [4.78, 5) is 24.2. The van der Waals surface area contributed by atoms with Crippen LogP contribution in [0.5, 0.6) is 0 Å². The Kier molecular flexibility index (Phi) is 9.37. The topological polar surface area (TPSA) is 84.7 Å². The molecule has 0 unspecified atom stereocenters. The van der Waals surface area contributed by atoms with Crippen molar-refractivity contribution >= 4 is 11.9 Å². The zero-order valence-electron chi connectivity index (χ0n) is 10.7. The van der Waals surface area contributed by atoms with E-state index in [9.17, 15) is 9.59 Å². The summed E-state index contributed by atoms with van der Waals surface area (Å²) in [6.07, 6.45) is 0.942. The molecule has 0 aliphatic heterocycles. The van der Waals surface area contributed by atoms with E-state index < -0.39 is 0 Å². The van der Waals surface area contributed by atoms with Gasteiger partial charge in [0, 0.05) is 26.1 Å². The van der Waals surface area contributed by atoms with Crippen LogP contribution < -0.4 is 11.1 Å². The van der Waals surface area contributed by atoms with Crippen LogP contribution in [-0.2, 0) is 14.3 Å². The van der Waals surface area contributed by atoms with Crippen molar-refractivity contribution in [3.63, 3.8) is 0 Å². The number of nitrogens with one attached hydrogen (secondary N) is 1. The van der Waals surface area contributed by atoms with Gasteiger partial charge >= 0.3 is 5.97 Å². The van der Waals surface area contributed by atoms with Gasteiger partial charge in [-0.25, -0.2) is 0 Å². The number of hydrogen-bond acceptors (Lipinski definition) is 5. The summed E-state index contributed by atoms with van der Waals surface area (Å²) in [5.41, 5.74) is 5.36. The van der Waals surface area contributed by atoms with E-state index in [-0.39, 0.29) is 11.9 Å². The second kappa shape index (κ2) is 10.0. The van der Waals surface area contributed by atoms with Crippen molar-refractivity contribution < 1.29 is 14.3 Å². The number of esters is 1. The molecule has 0 saturated carbocycles. The Morgan fingerprint density at radius 1 is 1.41 bits per heavy atom.